The number of aryl methyl sites for hydroxylation is 1. The Morgan fingerprint density at radius 2 is 2.33 bits per heavy atom. The zero-order chi connectivity index (χ0) is 8.55. The molecule has 0 aromatic heterocycles. The lowest BCUT2D eigenvalue weighted by Gasteiger charge is -2.05. The molecule has 0 radical (unpaired) electrons. The lowest BCUT2D eigenvalue weighted by atomic mass is 10.1. The fraction of sp³-hybridized carbons (Fsp3) is 0.400. The van der Waals surface area contributed by atoms with E-state index in [4.69, 9.17) is 4.74 Å². The predicted octanol–water partition coefficient (Wildman–Crippen LogP) is 2.61. The van der Waals surface area contributed by atoms with E-state index in [1.807, 2.05) is 6.07 Å². The van der Waals surface area contributed by atoms with Crippen LogP contribution in [0, 0.1) is 0 Å². The molecule has 0 saturated heterocycles. The van der Waals surface area contributed by atoms with Crippen molar-refractivity contribution < 1.29 is 4.74 Å². The second-order valence-corrected chi connectivity index (χ2v) is 3.74. The number of rotatable bonds is 1. The molecule has 1 aliphatic carbocycles. The van der Waals surface area contributed by atoms with Crippen molar-refractivity contribution in [3.8, 4) is 5.75 Å². The first-order valence-electron chi connectivity index (χ1n) is 4.16. The van der Waals surface area contributed by atoms with Crippen LogP contribution in [0.1, 0.15) is 22.8 Å². The van der Waals surface area contributed by atoms with Gasteiger partial charge in [-0.2, -0.15) is 12.6 Å². The summed E-state index contributed by atoms with van der Waals surface area (Å²) >= 11 is 4.50. The molecule has 1 aliphatic rings. The molecule has 0 amide bonds. The van der Waals surface area contributed by atoms with E-state index in [9.17, 15) is 0 Å². The van der Waals surface area contributed by atoms with Crippen molar-refractivity contribution in [2.45, 2.75) is 18.1 Å². The molecule has 0 N–H and O–H groups in total. The third-order valence-corrected chi connectivity index (χ3v) is 2.94. The first-order chi connectivity index (χ1) is 5.81. The molecule has 1 aromatic rings. The van der Waals surface area contributed by atoms with Gasteiger partial charge in [0.05, 0.1) is 7.11 Å². The van der Waals surface area contributed by atoms with Crippen molar-refractivity contribution in [1.29, 1.82) is 0 Å². The molecule has 0 bridgehead atoms. The van der Waals surface area contributed by atoms with Gasteiger partial charge >= 0.3 is 0 Å². The standard InChI is InChI=1S/C10H12OS/c1-11-8-4-2-7-3-5-10(12)9(7)6-8/h2,4,6,10,12H,3,5H2,1H3. The Labute approximate surface area is 78.2 Å². The van der Waals surface area contributed by atoms with Gasteiger partial charge in [-0.1, -0.05) is 6.07 Å². The van der Waals surface area contributed by atoms with E-state index in [1.54, 1.807) is 7.11 Å². The Morgan fingerprint density at radius 3 is 3.08 bits per heavy atom. The molecule has 1 nitrogen and oxygen atoms in total. The van der Waals surface area contributed by atoms with E-state index < -0.39 is 0 Å². The smallest absolute Gasteiger partial charge is 0.119 e. The van der Waals surface area contributed by atoms with Gasteiger partial charge in [0, 0.05) is 5.25 Å². The van der Waals surface area contributed by atoms with E-state index in [-0.39, 0.29) is 0 Å². The first kappa shape index (κ1) is 7.99. The molecular weight excluding hydrogens is 168 g/mol. The van der Waals surface area contributed by atoms with E-state index in [1.165, 1.54) is 11.1 Å². The minimum Gasteiger partial charge on any atom is -0.497 e. The Hall–Kier alpha value is -0.630. The van der Waals surface area contributed by atoms with Gasteiger partial charge in [0.1, 0.15) is 5.75 Å². The molecule has 0 aliphatic heterocycles. The van der Waals surface area contributed by atoms with Crippen molar-refractivity contribution >= 4 is 12.6 Å². The predicted molar refractivity (Wildman–Crippen MR) is 53.0 cm³/mol. The van der Waals surface area contributed by atoms with Gasteiger partial charge in [0.15, 0.2) is 0 Å². The van der Waals surface area contributed by atoms with E-state index >= 15 is 0 Å². The highest BCUT2D eigenvalue weighted by Crippen LogP contribution is 2.37. The highest BCUT2D eigenvalue weighted by atomic mass is 32.1. The zero-order valence-electron chi connectivity index (χ0n) is 7.08. The Kier molecular flexibility index (Phi) is 2.01. The number of ether oxygens (including phenoxy) is 1. The molecule has 1 atom stereocenters. The quantitative estimate of drug-likeness (QED) is 0.654. The monoisotopic (exact) mass is 180 g/mol. The number of hydrogen-bond donors (Lipinski definition) is 1. The molecule has 0 heterocycles. The lowest BCUT2D eigenvalue weighted by Crippen LogP contribution is -1.87. The van der Waals surface area contributed by atoms with Crippen molar-refractivity contribution in [3.63, 3.8) is 0 Å². The van der Waals surface area contributed by atoms with Crippen LogP contribution in [0.2, 0.25) is 0 Å². The van der Waals surface area contributed by atoms with Gasteiger partial charge in [-0.05, 0) is 36.1 Å². The molecule has 2 rings (SSSR count). The molecule has 1 unspecified atom stereocenters. The molecular formula is C10H12OS. The average Bonchev–Trinajstić information content (AvgIpc) is 2.47. The molecule has 0 saturated carbocycles. The van der Waals surface area contributed by atoms with Crippen molar-refractivity contribution in [1.82, 2.24) is 0 Å². The first-order valence-corrected chi connectivity index (χ1v) is 4.68. The summed E-state index contributed by atoms with van der Waals surface area (Å²) in [6, 6.07) is 6.26. The van der Waals surface area contributed by atoms with Crippen LogP contribution < -0.4 is 4.74 Å². The van der Waals surface area contributed by atoms with Crippen LogP contribution in [0.5, 0.6) is 5.75 Å². The third kappa shape index (κ3) is 1.20. The maximum absolute atomic E-state index is 5.15. The molecule has 2 heteroatoms. The second-order valence-electron chi connectivity index (χ2n) is 3.12. The van der Waals surface area contributed by atoms with Crippen LogP contribution in [0.15, 0.2) is 18.2 Å². The minimum atomic E-state index is 0.412. The Morgan fingerprint density at radius 1 is 1.50 bits per heavy atom. The fourth-order valence-corrected chi connectivity index (χ4v) is 2.06. The fourth-order valence-electron chi connectivity index (χ4n) is 1.69. The number of thiol groups is 1. The van der Waals surface area contributed by atoms with Gasteiger partial charge in [-0.15, -0.1) is 0 Å². The zero-order valence-corrected chi connectivity index (χ0v) is 7.97. The summed E-state index contributed by atoms with van der Waals surface area (Å²) in [6.45, 7) is 0. The minimum absolute atomic E-state index is 0.412. The summed E-state index contributed by atoms with van der Waals surface area (Å²) in [5, 5.41) is 0.412. The summed E-state index contributed by atoms with van der Waals surface area (Å²) < 4.78 is 5.15. The van der Waals surface area contributed by atoms with Gasteiger partial charge in [-0.25, -0.2) is 0 Å². The Bertz CT molecular complexity index is 296. The third-order valence-electron chi connectivity index (χ3n) is 2.40. The largest absolute Gasteiger partial charge is 0.497 e. The SMILES string of the molecule is COc1ccc2c(c1)C(S)CC2. The second kappa shape index (κ2) is 3.02. The molecule has 0 fully saturated rings. The van der Waals surface area contributed by atoms with Gasteiger partial charge < -0.3 is 4.74 Å². The van der Waals surface area contributed by atoms with Crippen LogP contribution in [0.25, 0.3) is 0 Å². The van der Waals surface area contributed by atoms with Crippen molar-refractivity contribution in [2.75, 3.05) is 7.11 Å². The normalized spacial score (nSPS) is 20.7. The van der Waals surface area contributed by atoms with Crippen LogP contribution >= 0.6 is 12.6 Å². The summed E-state index contributed by atoms with van der Waals surface area (Å²) in [4.78, 5) is 0. The molecule has 64 valence electrons. The van der Waals surface area contributed by atoms with Crippen LogP contribution in [0.3, 0.4) is 0 Å². The Balaban J connectivity index is 2.43. The van der Waals surface area contributed by atoms with Crippen LogP contribution in [-0.2, 0) is 6.42 Å². The summed E-state index contributed by atoms with van der Waals surface area (Å²) in [6.07, 6.45) is 2.32. The summed E-state index contributed by atoms with van der Waals surface area (Å²) in [5.41, 5.74) is 2.77. The van der Waals surface area contributed by atoms with Crippen LogP contribution in [-0.4, -0.2) is 7.11 Å². The van der Waals surface area contributed by atoms with Crippen molar-refractivity contribution in [2.24, 2.45) is 0 Å². The lowest BCUT2D eigenvalue weighted by molar-refractivity contribution is 0.414. The van der Waals surface area contributed by atoms with E-state index in [2.05, 4.69) is 24.8 Å². The highest BCUT2D eigenvalue weighted by molar-refractivity contribution is 7.80. The number of hydrogen-bond acceptors (Lipinski definition) is 2. The van der Waals surface area contributed by atoms with Gasteiger partial charge in [0.25, 0.3) is 0 Å². The number of fused-ring (bicyclic) bond motifs is 1. The summed E-state index contributed by atoms with van der Waals surface area (Å²) in [5.74, 6) is 0.940. The number of methoxy groups -OCH3 is 1. The summed E-state index contributed by atoms with van der Waals surface area (Å²) in [7, 11) is 1.70. The topological polar surface area (TPSA) is 9.23 Å². The molecule has 0 spiro atoms. The van der Waals surface area contributed by atoms with Crippen LogP contribution in [0.4, 0.5) is 0 Å². The number of benzene rings is 1. The highest BCUT2D eigenvalue weighted by Gasteiger charge is 2.19. The van der Waals surface area contributed by atoms with E-state index in [0.29, 0.717) is 5.25 Å². The van der Waals surface area contributed by atoms with Gasteiger partial charge in [-0.3, -0.25) is 0 Å². The maximum atomic E-state index is 5.15. The molecule has 1 aromatic carbocycles. The maximum Gasteiger partial charge on any atom is 0.119 e. The van der Waals surface area contributed by atoms with Gasteiger partial charge in [0.2, 0.25) is 0 Å². The van der Waals surface area contributed by atoms with Crippen molar-refractivity contribution in [3.05, 3.63) is 29.3 Å². The van der Waals surface area contributed by atoms with E-state index in [0.717, 1.165) is 18.6 Å². The molecule has 12 heavy (non-hydrogen) atoms. The average molecular weight is 180 g/mol.